The first kappa shape index (κ1) is 13.8. The van der Waals surface area contributed by atoms with Gasteiger partial charge in [0.2, 0.25) is 0 Å². The van der Waals surface area contributed by atoms with Crippen LogP contribution in [0.3, 0.4) is 0 Å². The molecule has 0 fully saturated rings. The highest BCUT2D eigenvalue weighted by Gasteiger charge is 2.14. The Morgan fingerprint density at radius 1 is 1.37 bits per heavy atom. The minimum absolute atomic E-state index is 0.00371. The maximum atomic E-state index is 5.68. The van der Waals surface area contributed by atoms with E-state index in [9.17, 15) is 0 Å². The minimum Gasteiger partial charge on any atom is -0.497 e. The van der Waals surface area contributed by atoms with Crippen LogP contribution >= 0.6 is 0 Å². The number of aromatic nitrogens is 2. The van der Waals surface area contributed by atoms with Crippen molar-refractivity contribution >= 4 is 11.0 Å². The van der Waals surface area contributed by atoms with Crippen LogP contribution in [0, 0.1) is 0 Å². The summed E-state index contributed by atoms with van der Waals surface area (Å²) in [6.45, 7) is 3.48. The molecule has 0 bridgehead atoms. The Labute approximate surface area is 113 Å². The number of benzene rings is 1. The Morgan fingerprint density at radius 2 is 2.16 bits per heavy atom. The molecule has 0 radical (unpaired) electrons. The van der Waals surface area contributed by atoms with E-state index in [0.29, 0.717) is 6.54 Å². The number of nitrogens with zero attached hydrogens (tertiary/aromatic N) is 2. The van der Waals surface area contributed by atoms with Crippen LogP contribution in [0.2, 0.25) is 0 Å². The predicted molar refractivity (Wildman–Crippen MR) is 75.5 cm³/mol. The van der Waals surface area contributed by atoms with Gasteiger partial charge in [0.15, 0.2) is 0 Å². The van der Waals surface area contributed by atoms with Gasteiger partial charge in [-0.3, -0.25) is 0 Å². The van der Waals surface area contributed by atoms with Gasteiger partial charge in [0.1, 0.15) is 11.6 Å². The lowest BCUT2D eigenvalue weighted by Gasteiger charge is -2.13. The number of ether oxygens (including phenoxy) is 2. The number of fused-ring (bicyclic) bond motifs is 1. The predicted octanol–water partition coefficient (Wildman–Crippen LogP) is 1.58. The van der Waals surface area contributed by atoms with E-state index in [4.69, 9.17) is 15.2 Å². The van der Waals surface area contributed by atoms with Crippen molar-refractivity contribution in [2.75, 3.05) is 20.8 Å². The molecule has 5 nitrogen and oxygen atoms in total. The topological polar surface area (TPSA) is 62.3 Å². The van der Waals surface area contributed by atoms with Crippen molar-refractivity contribution in [3.05, 3.63) is 24.0 Å². The molecule has 0 aliphatic rings. The van der Waals surface area contributed by atoms with Crippen LogP contribution in [0.25, 0.3) is 11.0 Å². The lowest BCUT2D eigenvalue weighted by molar-refractivity contribution is 0.107. The Morgan fingerprint density at radius 3 is 2.74 bits per heavy atom. The SMILES string of the molecule is CCn1c(CC(CN)OC)nc2cc(OC)ccc21. The normalized spacial score (nSPS) is 12.8. The number of aryl methyl sites for hydroxylation is 1. The third kappa shape index (κ3) is 2.72. The fourth-order valence-electron chi connectivity index (χ4n) is 2.26. The highest BCUT2D eigenvalue weighted by molar-refractivity contribution is 5.77. The summed E-state index contributed by atoms with van der Waals surface area (Å²) in [7, 11) is 3.34. The molecule has 2 aromatic rings. The molecule has 0 spiro atoms. The van der Waals surface area contributed by atoms with E-state index in [-0.39, 0.29) is 6.10 Å². The van der Waals surface area contributed by atoms with Gasteiger partial charge in [-0.05, 0) is 19.1 Å². The highest BCUT2D eigenvalue weighted by atomic mass is 16.5. The van der Waals surface area contributed by atoms with Crippen molar-refractivity contribution in [1.82, 2.24) is 9.55 Å². The molecule has 1 atom stereocenters. The van der Waals surface area contributed by atoms with Gasteiger partial charge in [0, 0.05) is 32.7 Å². The van der Waals surface area contributed by atoms with E-state index in [1.807, 2.05) is 18.2 Å². The first-order valence-electron chi connectivity index (χ1n) is 6.49. The highest BCUT2D eigenvalue weighted by Crippen LogP contribution is 2.22. The van der Waals surface area contributed by atoms with Gasteiger partial charge in [-0.1, -0.05) is 0 Å². The zero-order chi connectivity index (χ0) is 13.8. The molecule has 2 N–H and O–H groups in total. The second-order valence-corrected chi connectivity index (χ2v) is 4.42. The molecule has 1 heterocycles. The molecule has 19 heavy (non-hydrogen) atoms. The van der Waals surface area contributed by atoms with Crippen LogP contribution in [0.5, 0.6) is 5.75 Å². The average Bonchev–Trinajstić information content (AvgIpc) is 2.80. The first-order chi connectivity index (χ1) is 9.23. The van der Waals surface area contributed by atoms with Crippen molar-refractivity contribution in [1.29, 1.82) is 0 Å². The number of hydrogen-bond acceptors (Lipinski definition) is 4. The van der Waals surface area contributed by atoms with Gasteiger partial charge >= 0.3 is 0 Å². The summed E-state index contributed by atoms with van der Waals surface area (Å²) in [6.07, 6.45) is 0.724. The molecule has 1 unspecified atom stereocenters. The van der Waals surface area contributed by atoms with Crippen LogP contribution in [0.15, 0.2) is 18.2 Å². The molecule has 0 aliphatic heterocycles. The fourth-order valence-corrected chi connectivity index (χ4v) is 2.26. The Balaban J connectivity index is 2.42. The maximum Gasteiger partial charge on any atom is 0.121 e. The summed E-state index contributed by atoms with van der Waals surface area (Å²) >= 11 is 0. The molecular formula is C14H21N3O2. The second kappa shape index (κ2) is 6.04. The summed E-state index contributed by atoms with van der Waals surface area (Å²) in [4.78, 5) is 4.68. The van der Waals surface area contributed by atoms with E-state index < -0.39 is 0 Å². The summed E-state index contributed by atoms with van der Waals surface area (Å²) in [5.74, 6) is 1.82. The molecule has 0 saturated carbocycles. The van der Waals surface area contributed by atoms with E-state index in [2.05, 4.69) is 16.5 Å². The molecule has 0 saturated heterocycles. The van der Waals surface area contributed by atoms with E-state index in [1.54, 1.807) is 14.2 Å². The Bertz CT molecular complexity index is 547. The Kier molecular flexibility index (Phi) is 4.39. The lowest BCUT2D eigenvalue weighted by Crippen LogP contribution is -2.26. The van der Waals surface area contributed by atoms with Crippen LogP contribution < -0.4 is 10.5 Å². The van der Waals surface area contributed by atoms with E-state index in [1.165, 1.54) is 0 Å². The molecule has 2 rings (SSSR count). The van der Waals surface area contributed by atoms with E-state index in [0.717, 1.165) is 35.6 Å². The number of imidazole rings is 1. The van der Waals surface area contributed by atoms with Gasteiger partial charge in [0.05, 0.1) is 24.2 Å². The van der Waals surface area contributed by atoms with Crippen molar-refractivity contribution in [2.24, 2.45) is 5.73 Å². The smallest absolute Gasteiger partial charge is 0.121 e. The van der Waals surface area contributed by atoms with Gasteiger partial charge in [-0.25, -0.2) is 4.98 Å². The largest absolute Gasteiger partial charge is 0.497 e. The number of hydrogen-bond donors (Lipinski definition) is 1. The van der Waals surface area contributed by atoms with Crippen molar-refractivity contribution in [3.8, 4) is 5.75 Å². The van der Waals surface area contributed by atoms with E-state index >= 15 is 0 Å². The van der Waals surface area contributed by atoms with Crippen LogP contribution in [-0.2, 0) is 17.7 Å². The van der Waals surface area contributed by atoms with Gasteiger partial charge < -0.3 is 19.8 Å². The summed E-state index contributed by atoms with van der Waals surface area (Å²) < 4.78 is 12.8. The number of rotatable bonds is 6. The molecule has 1 aromatic carbocycles. The third-order valence-electron chi connectivity index (χ3n) is 3.36. The summed E-state index contributed by atoms with van der Waals surface area (Å²) in [5.41, 5.74) is 7.74. The monoisotopic (exact) mass is 263 g/mol. The molecule has 5 heteroatoms. The number of nitrogens with two attached hydrogens (primary N) is 1. The first-order valence-corrected chi connectivity index (χ1v) is 6.49. The molecule has 1 aromatic heterocycles. The third-order valence-corrected chi connectivity index (χ3v) is 3.36. The molecular weight excluding hydrogens is 242 g/mol. The summed E-state index contributed by atoms with van der Waals surface area (Å²) in [5, 5.41) is 0. The van der Waals surface area contributed by atoms with Crippen molar-refractivity contribution in [2.45, 2.75) is 26.0 Å². The van der Waals surface area contributed by atoms with Crippen LogP contribution in [0.1, 0.15) is 12.7 Å². The summed E-state index contributed by atoms with van der Waals surface area (Å²) in [6, 6.07) is 5.95. The quantitative estimate of drug-likeness (QED) is 0.859. The van der Waals surface area contributed by atoms with Crippen LogP contribution in [-0.4, -0.2) is 36.4 Å². The minimum atomic E-state index is 0.00371. The lowest BCUT2D eigenvalue weighted by atomic mass is 10.2. The molecule has 0 aliphatic carbocycles. The van der Waals surface area contributed by atoms with Gasteiger partial charge in [0.25, 0.3) is 0 Å². The Hall–Kier alpha value is -1.59. The van der Waals surface area contributed by atoms with Gasteiger partial charge in [-0.2, -0.15) is 0 Å². The van der Waals surface area contributed by atoms with Crippen molar-refractivity contribution in [3.63, 3.8) is 0 Å². The average molecular weight is 263 g/mol. The van der Waals surface area contributed by atoms with Gasteiger partial charge in [-0.15, -0.1) is 0 Å². The second-order valence-electron chi connectivity index (χ2n) is 4.42. The molecule has 104 valence electrons. The number of methoxy groups -OCH3 is 2. The zero-order valence-corrected chi connectivity index (χ0v) is 11.7. The fraction of sp³-hybridized carbons (Fsp3) is 0.500. The van der Waals surface area contributed by atoms with Crippen LogP contribution in [0.4, 0.5) is 0 Å². The standard InChI is InChI=1S/C14H21N3O2/c1-4-17-13-6-5-10(18-2)7-12(13)16-14(17)8-11(9-15)19-3/h5-7,11H,4,8-9,15H2,1-3H3. The van der Waals surface area contributed by atoms with Crippen molar-refractivity contribution < 1.29 is 9.47 Å². The zero-order valence-electron chi connectivity index (χ0n) is 11.7. The molecule has 0 amide bonds. The maximum absolute atomic E-state index is 5.68.